The number of rotatable bonds is 5. The van der Waals surface area contributed by atoms with Crippen LogP contribution in [-0.4, -0.2) is 6.61 Å². The summed E-state index contributed by atoms with van der Waals surface area (Å²) in [6.45, 7) is 3.15. The van der Waals surface area contributed by atoms with Gasteiger partial charge in [0.2, 0.25) is 0 Å². The highest BCUT2D eigenvalue weighted by atomic mass is 16.5. The molecule has 2 rings (SSSR count). The summed E-state index contributed by atoms with van der Waals surface area (Å²) in [5.41, 5.74) is 7.52. The van der Waals surface area contributed by atoms with Gasteiger partial charge in [0, 0.05) is 5.69 Å². The summed E-state index contributed by atoms with van der Waals surface area (Å²) >= 11 is 0. The van der Waals surface area contributed by atoms with Crippen LogP contribution in [0.1, 0.15) is 12.5 Å². The van der Waals surface area contributed by atoms with Crippen LogP contribution in [0, 0.1) is 0 Å². The largest absolute Gasteiger partial charge is 0.494 e. The Morgan fingerprint density at radius 1 is 0.944 bits per heavy atom. The van der Waals surface area contributed by atoms with Crippen molar-refractivity contribution in [2.75, 3.05) is 12.3 Å². The fourth-order valence-corrected chi connectivity index (χ4v) is 1.65. The maximum absolute atomic E-state index is 5.71. The van der Waals surface area contributed by atoms with E-state index in [-0.39, 0.29) is 0 Å². The van der Waals surface area contributed by atoms with Crippen LogP contribution < -0.4 is 15.2 Å². The van der Waals surface area contributed by atoms with E-state index in [9.17, 15) is 0 Å². The highest BCUT2D eigenvalue weighted by molar-refractivity contribution is 5.40. The lowest BCUT2D eigenvalue weighted by molar-refractivity contribution is 0.304. The van der Waals surface area contributed by atoms with E-state index in [1.807, 2.05) is 55.5 Å². The van der Waals surface area contributed by atoms with Crippen LogP contribution in [0.3, 0.4) is 0 Å². The molecule has 0 fully saturated rings. The third-order valence-electron chi connectivity index (χ3n) is 2.49. The lowest BCUT2D eigenvalue weighted by Gasteiger charge is -2.08. The molecule has 0 saturated heterocycles. The Morgan fingerprint density at radius 3 is 2.22 bits per heavy atom. The molecule has 3 nitrogen and oxygen atoms in total. The summed E-state index contributed by atoms with van der Waals surface area (Å²) in [6.07, 6.45) is 0. The number of anilines is 1. The molecular weight excluding hydrogens is 226 g/mol. The molecule has 0 heterocycles. The van der Waals surface area contributed by atoms with Crippen LogP contribution in [0.5, 0.6) is 11.5 Å². The Balaban J connectivity index is 1.93. The van der Waals surface area contributed by atoms with E-state index in [2.05, 4.69) is 0 Å². The molecule has 0 aromatic heterocycles. The van der Waals surface area contributed by atoms with Gasteiger partial charge in [0.25, 0.3) is 0 Å². The molecule has 2 N–H and O–H groups in total. The van der Waals surface area contributed by atoms with Crippen molar-refractivity contribution in [3.63, 3.8) is 0 Å². The van der Waals surface area contributed by atoms with Crippen molar-refractivity contribution >= 4 is 5.69 Å². The van der Waals surface area contributed by atoms with Crippen molar-refractivity contribution < 1.29 is 9.47 Å². The Hall–Kier alpha value is -2.16. The Morgan fingerprint density at radius 2 is 1.61 bits per heavy atom. The van der Waals surface area contributed by atoms with E-state index >= 15 is 0 Å². The van der Waals surface area contributed by atoms with Crippen LogP contribution in [0.4, 0.5) is 5.69 Å². The normalized spacial score (nSPS) is 10.1. The smallest absolute Gasteiger partial charge is 0.120 e. The number of hydrogen-bond acceptors (Lipinski definition) is 3. The van der Waals surface area contributed by atoms with Gasteiger partial charge in [-0.2, -0.15) is 0 Å². The fourth-order valence-electron chi connectivity index (χ4n) is 1.65. The molecule has 2 aromatic rings. The fraction of sp³-hybridized carbons (Fsp3) is 0.200. The molecule has 0 aliphatic rings. The first-order chi connectivity index (χ1) is 8.78. The van der Waals surface area contributed by atoms with E-state index < -0.39 is 0 Å². The topological polar surface area (TPSA) is 44.5 Å². The second kappa shape index (κ2) is 5.96. The van der Waals surface area contributed by atoms with Crippen LogP contribution in [-0.2, 0) is 6.61 Å². The molecular formula is C15H17NO2. The number of hydrogen-bond donors (Lipinski definition) is 1. The van der Waals surface area contributed by atoms with E-state index in [1.54, 1.807) is 0 Å². The number of benzene rings is 2. The van der Waals surface area contributed by atoms with Crippen molar-refractivity contribution in [1.82, 2.24) is 0 Å². The standard InChI is InChI=1S/C15H17NO2/c1-2-17-14-6-8-15(9-7-14)18-11-12-4-3-5-13(16)10-12/h3-10H,2,11,16H2,1H3. The number of ether oxygens (including phenoxy) is 2. The van der Waals surface area contributed by atoms with Crippen LogP contribution in [0.15, 0.2) is 48.5 Å². The third-order valence-corrected chi connectivity index (χ3v) is 2.49. The van der Waals surface area contributed by atoms with Crippen LogP contribution in [0.2, 0.25) is 0 Å². The van der Waals surface area contributed by atoms with E-state index in [0.29, 0.717) is 13.2 Å². The zero-order chi connectivity index (χ0) is 12.8. The maximum atomic E-state index is 5.71. The van der Waals surface area contributed by atoms with Gasteiger partial charge in [-0.15, -0.1) is 0 Å². The molecule has 3 heteroatoms. The summed E-state index contributed by atoms with van der Waals surface area (Å²) in [6, 6.07) is 15.3. The molecule has 0 aliphatic heterocycles. The highest BCUT2D eigenvalue weighted by Crippen LogP contribution is 2.19. The number of nitrogens with two attached hydrogens (primary N) is 1. The lowest BCUT2D eigenvalue weighted by atomic mass is 10.2. The first-order valence-electron chi connectivity index (χ1n) is 5.98. The SMILES string of the molecule is CCOc1ccc(OCc2cccc(N)c2)cc1. The minimum atomic E-state index is 0.513. The van der Waals surface area contributed by atoms with Crippen LogP contribution in [0.25, 0.3) is 0 Å². The summed E-state index contributed by atoms with van der Waals surface area (Å²) in [4.78, 5) is 0. The predicted molar refractivity (Wildman–Crippen MR) is 72.8 cm³/mol. The zero-order valence-electron chi connectivity index (χ0n) is 10.4. The van der Waals surface area contributed by atoms with E-state index in [0.717, 1.165) is 22.7 Å². The van der Waals surface area contributed by atoms with Crippen molar-refractivity contribution in [3.8, 4) is 11.5 Å². The van der Waals surface area contributed by atoms with Gasteiger partial charge in [-0.3, -0.25) is 0 Å². The summed E-state index contributed by atoms with van der Waals surface area (Å²) in [5, 5.41) is 0. The Kier molecular flexibility index (Phi) is 4.07. The van der Waals surface area contributed by atoms with E-state index in [4.69, 9.17) is 15.2 Å². The van der Waals surface area contributed by atoms with E-state index in [1.165, 1.54) is 0 Å². The maximum Gasteiger partial charge on any atom is 0.120 e. The molecule has 0 unspecified atom stereocenters. The second-order valence-corrected chi connectivity index (χ2v) is 3.94. The Bertz CT molecular complexity index is 494. The summed E-state index contributed by atoms with van der Waals surface area (Å²) < 4.78 is 11.0. The van der Waals surface area contributed by atoms with Crippen molar-refractivity contribution in [3.05, 3.63) is 54.1 Å². The first-order valence-corrected chi connectivity index (χ1v) is 5.98. The van der Waals surface area contributed by atoms with Crippen molar-refractivity contribution in [1.29, 1.82) is 0 Å². The zero-order valence-corrected chi connectivity index (χ0v) is 10.4. The molecule has 0 atom stereocenters. The molecule has 2 aromatic carbocycles. The monoisotopic (exact) mass is 243 g/mol. The van der Waals surface area contributed by atoms with Gasteiger partial charge in [-0.25, -0.2) is 0 Å². The van der Waals surface area contributed by atoms with Crippen LogP contribution >= 0.6 is 0 Å². The Labute approximate surface area is 107 Å². The average Bonchev–Trinajstić information content (AvgIpc) is 2.38. The minimum Gasteiger partial charge on any atom is -0.494 e. The molecule has 0 bridgehead atoms. The predicted octanol–water partition coefficient (Wildman–Crippen LogP) is 3.25. The van der Waals surface area contributed by atoms with Gasteiger partial charge in [-0.1, -0.05) is 12.1 Å². The molecule has 94 valence electrons. The van der Waals surface area contributed by atoms with Gasteiger partial charge in [0.1, 0.15) is 18.1 Å². The van der Waals surface area contributed by atoms with Crippen molar-refractivity contribution in [2.45, 2.75) is 13.5 Å². The first kappa shape index (κ1) is 12.3. The molecule has 0 aliphatic carbocycles. The van der Waals surface area contributed by atoms with Gasteiger partial charge in [-0.05, 0) is 48.9 Å². The quantitative estimate of drug-likeness (QED) is 0.820. The average molecular weight is 243 g/mol. The third kappa shape index (κ3) is 3.42. The molecule has 0 spiro atoms. The summed E-state index contributed by atoms with van der Waals surface area (Å²) in [7, 11) is 0. The van der Waals surface area contributed by atoms with Gasteiger partial charge >= 0.3 is 0 Å². The van der Waals surface area contributed by atoms with Gasteiger partial charge in [0.05, 0.1) is 6.61 Å². The lowest BCUT2D eigenvalue weighted by Crippen LogP contribution is -1.97. The molecule has 0 radical (unpaired) electrons. The number of nitrogen functional groups attached to an aromatic ring is 1. The molecule has 0 saturated carbocycles. The van der Waals surface area contributed by atoms with Gasteiger partial charge < -0.3 is 15.2 Å². The minimum absolute atomic E-state index is 0.513. The molecule has 18 heavy (non-hydrogen) atoms. The van der Waals surface area contributed by atoms with Crippen molar-refractivity contribution in [2.24, 2.45) is 0 Å². The second-order valence-electron chi connectivity index (χ2n) is 3.94. The molecule has 0 amide bonds. The highest BCUT2D eigenvalue weighted by Gasteiger charge is 1.98. The van der Waals surface area contributed by atoms with Gasteiger partial charge in [0.15, 0.2) is 0 Å². The summed E-state index contributed by atoms with van der Waals surface area (Å²) in [5.74, 6) is 1.68.